The fraction of sp³-hybridized carbons (Fsp3) is 0.429. The van der Waals surface area contributed by atoms with E-state index >= 15 is 0 Å². The molecule has 2 aliphatic heterocycles. The van der Waals surface area contributed by atoms with E-state index in [0.717, 1.165) is 31.7 Å². The number of nitro benzene ring substituents is 1. The molecule has 0 N–H and O–H groups in total. The lowest BCUT2D eigenvalue weighted by atomic mass is 9.87. The summed E-state index contributed by atoms with van der Waals surface area (Å²) in [6.45, 7) is 9.53. The van der Waals surface area contributed by atoms with Crippen LogP contribution in [0.4, 0.5) is 5.69 Å². The zero-order valence-corrected chi connectivity index (χ0v) is 18.3. The summed E-state index contributed by atoms with van der Waals surface area (Å²) in [5, 5.41) is 11.5. The second-order valence-electron chi connectivity index (χ2n) is 8.61. The zero-order chi connectivity index (χ0) is 21.5. The molecule has 2 aromatic carbocycles. The van der Waals surface area contributed by atoms with E-state index in [1.165, 1.54) is 6.07 Å². The average molecular weight is 431 g/mol. The van der Waals surface area contributed by atoms with Crippen LogP contribution in [0.1, 0.15) is 31.9 Å². The number of nitrogens with zero attached hydrogens (tertiary/aromatic N) is 3. The first-order valence-corrected chi connectivity index (χ1v) is 11.5. The number of ether oxygens (including phenoxy) is 1. The topological polar surface area (TPSA) is 84.7 Å². The van der Waals surface area contributed by atoms with E-state index in [0.29, 0.717) is 11.3 Å². The molecule has 9 heteroatoms. The van der Waals surface area contributed by atoms with Crippen molar-refractivity contribution in [3.8, 4) is 11.5 Å². The molecule has 0 saturated carbocycles. The molecular formula is C21H26N3O5P. The van der Waals surface area contributed by atoms with Crippen molar-refractivity contribution in [1.82, 2.24) is 9.34 Å². The summed E-state index contributed by atoms with van der Waals surface area (Å²) in [6, 6.07) is 12.1. The van der Waals surface area contributed by atoms with E-state index in [2.05, 4.69) is 20.8 Å². The van der Waals surface area contributed by atoms with Gasteiger partial charge in [-0.25, -0.2) is 9.34 Å². The third kappa shape index (κ3) is 4.57. The molecule has 0 radical (unpaired) electrons. The van der Waals surface area contributed by atoms with Crippen LogP contribution in [-0.2, 0) is 21.1 Å². The quantitative estimate of drug-likeness (QED) is 0.253. The van der Waals surface area contributed by atoms with E-state index in [1.54, 1.807) is 12.1 Å². The zero-order valence-electron chi connectivity index (χ0n) is 17.4. The molecule has 0 aromatic heterocycles. The molecule has 0 atom stereocenters. The van der Waals surface area contributed by atoms with Crippen LogP contribution in [0.5, 0.6) is 11.5 Å². The first-order chi connectivity index (χ1) is 14.2. The van der Waals surface area contributed by atoms with Crippen LogP contribution < -0.4 is 4.74 Å². The first kappa shape index (κ1) is 21.0. The predicted molar refractivity (Wildman–Crippen MR) is 114 cm³/mol. The normalized spacial score (nSPS) is 17.0. The summed E-state index contributed by atoms with van der Waals surface area (Å²) in [6.07, 6.45) is 0. The van der Waals surface area contributed by atoms with E-state index in [9.17, 15) is 14.7 Å². The highest BCUT2D eigenvalue weighted by atomic mass is 31.2. The van der Waals surface area contributed by atoms with Crippen LogP contribution in [0, 0.1) is 10.1 Å². The van der Waals surface area contributed by atoms with Crippen molar-refractivity contribution in [3.63, 3.8) is 0 Å². The Hall–Kier alpha value is -2.25. The fourth-order valence-electron chi connectivity index (χ4n) is 3.13. The van der Waals surface area contributed by atoms with Gasteiger partial charge >= 0.3 is 13.4 Å². The Morgan fingerprint density at radius 2 is 1.63 bits per heavy atom. The molecule has 2 saturated heterocycles. The highest BCUT2D eigenvalue weighted by molar-refractivity contribution is 7.54. The van der Waals surface area contributed by atoms with Gasteiger partial charge in [0, 0.05) is 32.2 Å². The van der Waals surface area contributed by atoms with Gasteiger partial charge in [-0.1, -0.05) is 32.9 Å². The lowest BCUT2D eigenvalue weighted by molar-refractivity contribution is -0.385. The third-order valence-corrected chi connectivity index (χ3v) is 7.83. The summed E-state index contributed by atoms with van der Waals surface area (Å²) in [7, 11) is -2.95. The second-order valence-corrected chi connectivity index (χ2v) is 11.0. The Morgan fingerprint density at radius 3 is 2.13 bits per heavy atom. The predicted octanol–water partition coefficient (Wildman–Crippen LogP) is 4.94. The minimum absolute atomic E-state index is 0.00484. The monoisotopic (exact) mass is 431 g/mol. The number of hydrogen-bond acceptors (Lipinski definition) is 5. The minimum atomic E-state index is -2.95. The summed E-state index contributed by atoms with van der Waals surface area (Å²) in [5.41, 5.74) is 1.70. The molecule has 2 heterocycles. The Balaban J connectivity index is 1.53. The van der Waals surface area contributed by atoms with Gasteiger partial charge in [-0.3, -0.25) is 14.7 Å². The molecule has 8 nitrogen and oxygen atoms in total. The molecule has 0 unspecified atom stereocenters. The molecule has 4 rings (SSSR count). The van der Waals surface area contributed by atoms with Crippen molar-refractivity contribution in [3.05, 3.63) is 63.7 Å². The number of rotatable bonds is 8. The fourth-order valence-corrected chi connectivity index (χ4v) is 5.32. The van der Waals surface area contributed by atoms with Crippen LogP contribution in [0.3, 0.4) is 0 Å². The van der Waals surface area contributed by atoms with Gasteiger partial charge in [-0.2, -0.15) is 0 Å². The number of hydrogen-bond donors (Lipinski definition) is 0. The SMILES string of the molecule is CC(C)(C)c1ccc(Oc2cc(COP(=O)(N3CC3)N3CC3)ccc2[N+](=O)[O-])cc1. The number of nitro groups is 1. The molecule has 2 aliphatic rings. The molecule has 0 aliphatic carbocycles. The highest BCUT2D eigenvalue weighted by Gasteiger charge is 2.49. The summed E-state index contributed by atoms with van der Waals surface area (Å²) in [5.74, 6) is 0.654. The minimum Gasteiger partial charge on any atom is -0.450 e. The van der Waals surface area contributed by atoms with Crippen molar-refractivity contribution < 1.29 is 18.7 Å². The summed E-state index contributed by atoms with van der Waals surface area (Å²) in [4.78, 5) is 11.0. The van der Waals surface area contributed by atoms with E-state index in [1.807, 2.05) is 33.6 Å². The Labute approximate surface area is 176 Å². The van der Waals surface area contributed by atoms with E-state index in [4.69, 9.17) is 9.26 Å². The van der Waals surface area contributed by atoms with Crippen LogP contribution in [0.25, 0.3) is 0 Å². The molecule has 0 amide bonds. The first-order valence-electron chi connectivity index (χ1n) is 9.98. The lowest BCUT2D eigenvalue weighted by Gasteiger charge is -2.20. The van der Waals surface area contributed by atoms with Crippen molar-refractivity contribution >= 4 is 13.4 Å². The van der Waals surface area contributed by atoms with Gasteiger partial charge in [-0.05, 0) is 40.8 Å². The number of benzene rings is 2. The Bertz CT molecular complexity index is 979. The van der Waals surface area contributed by atoms with Crippen molar-refractivity contribution in [2.24, 2.45) is 0 Å². The van der Waals surface area contributed by atoms with Crippen LogP contribution >= 0.6 is 7.67 Å². The van der Waals surface area contributed by atoms with Crippen LogP contribution in [0.15, 0.2) is 42.5 Å². The molecule has 0 spiro atoms. The van der Waals surface area contributed by atoms with Crippen molar-refractivity contribution in [1.29, 1.82) is 0 Å². The molecule has 0 bridgehead atoms. The van der Waals surface area contributed by atoms with Gasteiger partial charge in [0.25, 0.3) is 0 Å². The molecule has 30 heavy (non-hydrogen) atoms. The van der Waals surface area contributed by atoms with Gasteiger partial charge in [0.1, 0.15) is 5.75 Å². The Morgan fingerprint density at radius 1 is 1.03 bits per heavy atom. The van der Waals surface area contributed by atoms with Gasteiger partial charge in [0.15, 0.2) is 0 Å². The molecule has 2 aromatic rings. The lowest BCUT2D eigenvalue weighted by Crippen LogP contribution is -2.10. The van der Waals surface area contributed by atoms with Crippen LogP contribution in [0.2, 0.25) is 0 Å². The maximum absolute atomic E-state index is 13.1. The summed E-state index contributed by atoms with van der Waals surface area (Å²) < 4.78 is 28.4. The average Bonchev–Trinajstić information content (AvgIpc) is 3.57. The van der Waals surface area contributed by atoms with E-state index in [-0.39, 0.29) is 23.5 Å². The smallest absolute Gasteiger partial charge is 0.346 e. The van der Waals surface area contributed by atoms with Crippen LogP contribution in [-0.4, -0.2) is 40.4 Å². The molecule has 2 fully saturated rings. The van der Waals surface area contributed by atoms with Gasteiger partial charge in [-0.15, -0.1) is 0 Å². The maximum Gasteiger partial charge on any atom is 0.346 e. The largest absolute Gasteiger partial charge is 0.450 e. The van der Waals surface area contributed by atoms with E-state index < -0.39 is 12.6 Å². The highest BCUT2D eigenvalue weighted by Crippen LogP contribution is 2.61. The van der Waals surface area contributed by atoms with Gasteiger partial charge in [0.2, 0.25) is 5.75 Å². The molecular weight excluding hydrogens is 405 g/mol. The maximum atomic E-state index is 13.1. The third-order valence-electron chi connectivity index (χ3n) is 5.13. The summed E-state index contributed by atoms with van der Waals surface area (Å²) >= 11 is 0. The van der Waals surface area contributed by atoms with Gasteiger partial charge in [0.05, 0.1) is 11.5 Å². The standard InChI is InChI=1S/C21H26N3O5P/c1-21(2,3)17-5-7-18(8-6-17)29-20-14-16(4-9-19(20)24(25)26)15-28-30(27,22-10-11-22)23-12-13-23/h4-9,14H,10-13,15H2,1-3H3. The van der Waals surface area contributed by atoms with Crippen molar-refractivity contribution in [2.45, 2.75) is 32.8 Å². The van der Waals surface area contributed by atoms with Gasteiger partial charge < -0.3 is 9.26 Å². The second kappa shape index (κ2) is 7.78. The molecule has 160 valence electrons. The Kier molecular flexibility index (Phi) is 5.45. The van der Waals surface area contributed by atoms with Crippen molar-refractivity contribution in [2.75, 3.05) is 26.2 Å².